The predicted octanol–water partition coefficient (Wildman–Crippen LogP) is 2.66. The van der Waals surface area contributed by atoms with Crippen molar-refractivity contribution in [2.45, 2.75) is 13.5 Å². The summed E-state index contributed by atoms with van der Waals surface area (Å²) in [7, 11) is 0. The Hall–Kier alpha value is -1.10. The highest BCUT2D eigenvalue weighted by molar-refractivity contribution is 9.09. The van der Waals surface area contributed by atoms with Gasteiger partial charge in [0.15, 0.2) is 0 Å². The smallest absolute Gasteiger partial charge is 0.302 e. The van der Waals surface area contributed by atoms with Crippen molar-refractivity contribution in [2.75, 3.05) is 11.9 Å². The first kappa shape index (κ1) is 13.0. The van der Waals surface area contributed by atoms with Gasteiger partial charge in [-0.3, -0.25) is 4.79 Å². The highest BCUT2D eigenvalue weighted by atomic mass is 79.9. The minimum atomic E-state index is -0.437. The van der Waals surface area contributed by atoms with Crippen molar-refractivity contribution in [1.82, 2.24) is 0 Å². The summed E-state index contributed by atoms with van der Waals surface area (Å²) < 4.78 is 23.4. The fourth-order valence-electron chi connectivity index (χ4n) is 1.07. The van der Waals surface area contributed by atoms with E-state index in [2.05, 4.69) is 15.9 Å². The van der Waals surface area contributed by atoms with Crippen molar-refractivity contribution in [2.24, 2.45) is 0 Å². The lowest BCUT2D eigenvalue weighted by Crippen LogP contribution is -2.02. The Labute approximate surface area is 102 Å². The molecule has 0 atom stereocenters. The molecule has 3 nitrogen and oxygen atoms in total. The van der Waals surface area contributed by atoms with Crippen LogP contribution >= 0.6 is 15.9 Å². The molecule has 0 amide bonds. The van der Waals surface area contributed by atoms with E-state index in [1.54, 1.807) is 12.1 Å². The highest BCUT2D eigenvalue weighted by Crippen LogP contribution is 2.17. The van der Waals surface area contributed by atoms with Crippen LogP contribution in [-0.4, -0.2) is 17.9 Å². The molecular formula is C11H12BrFO3. The van der Waals surface area contributed by atoms with Crippen molar-refractivity contribution in [1.29, 1.82) is 0 Å². The van der Waals surface area contributed by atoms with E-state index < -0.39 is 11.8 Å². The number of ether oxygens (including phenoxy) is 2. The Morgan fingerprint density at radius 2 is 2.25 bits per heavy atom. The maximum atomic E-state index is 13.4. The van der Waals surface area contributed by atoms with Gasteiger partial charge in [-0.15, -0.1) is 0 Å². The zero-order valence-electron chi connectivity index (χ0n) is 8.83. The molecule has 0 aliphatic rings. The predicted molar refractivity (Wildman–Crippen MR) is 61.2 cm³/mol. The molecule has 0 aliphatic carbocycles. The Bertz CT molecular complexity index is 368. The largest absolute Gasteiger partial charge is 0.493 e. The van der Waals surface area contributed by atoms with Gasteiger partial charge in [0, 0.05) is 23.9 Å². The van der Waals surface area contributed by atoms with Crippen LogP contribution in [0.25, 0.3) is 0 Å². The summed E-state index contributed by atoms with van der Waals surface area (Å²) in [5.74, 6) is -0.407. The molecule has 0 fully saturated rings. The number of carbonyl (C=O) groups excluding carboxylic acids is 1. The van der Waals surface area contributed by atoms with Gasteiger partial charge in [0.05, 0.1) is 6.61 Å². The molecule has 1 aromatic rings. The summed E-state index contributed by atoms with van der Waals surface area (Å²) in [4.78, 5) is 10.6. The summed E-state index contributed by atoms with van der Waals surface area (Å²) in [6.07, 6.45) is 0. The molecule has 0 spiro atoms. The Balaban J connectivity index is 2.63. The minimum absolute atomic E-state index is 0.0557. The SMILES string of the molecule is CC(=O)OCc1ccc(OCCBr)cc1F. The molecule has 1 rings (SSSR count). The molecule has 0 N–H and O–H groups in total. The monoisotopic (exact) mass is 290 g/mol. The van der Waals surface area contributed by atoms with Crippen molar-refractivity contribution in [3.8, 4) is 5.75 Å². The van der Waals surface area contributed by atoms with Gasteiger partial charge in [0.25, 0.3) is 0 Å². The van der Waals surface area contributed by atoms with E-state index in [0.717, 1.165) is 0 Å². The van der Waals surface area contributed by atoms with Crippen molar-refractivity contribution < 1.29 is 18.7 Å². The number of hydrogen-bond donors (Lipinski definition) is 0. The quantitative estimate of drug-likeness (QED) is 0.618. The first-order valence-corrected chi connectivity index (χ1v) is 5.86. The second kappa shape index (κ2) is 6.48. The van der Waals surface area contributed by atoms with Gasteiger partial charge in [-0.05, 0) is 12.1 Å². The van der Waals surface area contributed by atoms with Crippen LogP contribution in [0.1, 0.15) is 12.5 Å². The lowest BCUT2D eigenvalue weighted by Gasteiger charge is -2.07. The summed E-state index contributed by atoms with van der Waals surface area (Å²) in [5, 5.41) is 0.684. The van der Waals surface area contributed by atoms with Gasteiger partial charge in [-0.2, -0.15) is 0 Å². The van der Waals surface area contributed by atoms with Crippen LogP contribution in [0, 0.1) is 5.82 Å². The Morgan fingerprint density at radius 3 is 2.81 bits per heavy atom. The maximum absolute atomic E-state index is 13.4. The highest BCUT2D eigenvalue weighted by Gasteiger charge is 2.05. The molecule has 88 valence electrons. The minimum Gasteiger partial charge on any atom is -0.493 e. The summed E-state index contributed by atoms with van der Waals surface area (Å²) in [5.41, 5.74) is 0.335. The molecular weight excluding hydrogens is 279 g/mol. The molecule has 16 heavy (non-hydrogen) atoms. The number of esters is 1. The van der Waals surface area contributed by atoms with Crippen LogP contribution in [0.4, 0.5) is 4.39 Å². The molecule has 0 aliphatic heterocycles. The van der Waals surface area contributed by atoms with E-state index in [0.29, 0.717) is 23.2 Å². The normalized spacial score (nSPS) is 9.94. The summed E-state index contributed by atoms with van der Waals surface area (Å²) >= 11 is 3.20. The van der Waals surface area contributed by atoms with E-state index >= 15 is 0 Å². The number of alkyl halides is 1. The average Bonchev–Trinajstić information content (AvgIpc) is 2.24. The van der Waals surface area contributed by atoms with E-state index in [1.165, 1.54) is 13.0 Å². The van der Waals surface area contributed by atoms with Gasteiger partial charge in [-0.25, -0.2) is 4.39 Å². The molecule has 0 heterocycles. The number of benzene rings is 1. The third kappa shape index (κ3) is 4.18. The Kier molecular flexibility index (Phi) is 5.25. The van der Waals surface area contributed by atoms with Crippen LogP contribution in [0.5, 0.6) is 5.75 Å². The summed E-state index contributed by atoms with van der Waals surface area (Å²) in [6.45, 7) is 1.70. The Morgan fingerprint density at radius 1 is 1.50 bits per heavy atom. The van der Waals surface area contributed by atoms with Crippen LogP contribution in [0.2, 0.25) is 0 Å². The number of rotatable bonds is 5. The van der Waals surface area contributed by atoms with E-state index in [1.807, 2.05) is 0 Å². The lowest BCUT2D eigenvalue weighted by molar-refractivity contribution is -0.142. The van der Waals surface area contributed by atoms with Crippen LogP contribution < -0.4 is 4.74 Å². The van der Waals surface area contributed by atoms with Gasteiger partial charge < -0.3 is 9.47 Å². The van der Waals surface area contributed by atoms with Gasteiger partial charge >= 0.3 is 5.97 Å². The number of hydrogen-bond acceptors (Lipinski definition) is 3. The van der Waals surface area contributed by atoms with E-state index in [9.17, 15) is 9.18 Å². The third-order valence-electron chi connectivity index (χ3n) is 1.80. The second-order valence-electron chi connectivity index (χ2n) is 3.07. The first-order chi connectivity index (χ1) is 7.63. The molecule has 1 aromatic carbocycles. The second-order valence-corrected chi connectivity index (χ2v) is 3.86. The number of carbonyl (C=O) groups is 1. The van der Waals surface area contributed by atoms with Gasteiger partial charge in [0.1, 0.15) is 18.2 Å². The molecule has 0 saturated carbocycles. The molecule has 0 unspecified atom stereocenters. The van der Waals surface area contributed by atoms with Gasteiger partial charge in [0.2, 0.25) is 0 Å². The molecule has 0 radical (unpaired) electrons. The topological polar surface area (TPSA) is 35.5 Å². The van der Waals surface area contributed by atoms with E-state index in [-0.39, 0.29) is 6.61 Å². The zero-order valence-corrected chi connectivity index (χ0v) is 10.4. The lowest BCUT2D eigenvalue weighted by atomic mass is 10.2. The average molecular weight is 291 g/mol. The summed E-state index contributed by atoms with van der Waals surface area (Å²) in [6, 6.07) is 4.47. The third-order valence-corrected chi connectivity index (χ3v) is 2.13. The van der Waals surface area contributed by atoms with Gasteiger partial charge in [-0.1, -0.05) is 15.9 Å². The zero-order chi connectivity index (χ0) is 12.0. The fraction of sp³-hybridized carbons (Fsp3) is 0.364. The molecule has 5 heteroatoms. The molecule has 0 saturated heterocycles. The number of halogens is 2. The molecule has 0 bridgehead atoms. The first-order valence-electron chi connectivity index (χ1n) is 4.74. The standard InChI is InChI=1S/C11H12BrFO3/c1-8(14)16-7-9-2-3-10(6-11(9)13)15-5-4-12/h2-3,6H,4-5,7H2,1H3. The van der Waals surface area contributed by atoms with Crippen LogP contribution in [-0.2, 0) is 16.1 Å². The van der Waals surface area contributed by atoms with E-state index in [4.69, 9.17) is 9.47 Å². The van der Waals surface area contributed by atoms with Crippen LogP contribution in [0.3, 0.4) is 0 Å². The fourth-order valence-corrected chi connectivity index (χ4v) is 1.23. The maximum Gasteiger partial charge on any atom is 0.302 e. The van der Waals surface area contributed by atoms with Crippen LogP contribution in [0.15, 0.2) is 18.2 Å². The van der Waals surface area contributed by atoms with Crippen molar-refractivity contribution in [3.63, 3.8) is 0 Å². The van der Waals surface area contributed by atoms with Crippen molar-refractivity contribution in [3.05, 3.63) is 29.6 Å². The molecule has 0 aromatic heterocycles. The van der Waals surface area contributed by atoms with Crippen molar-refractivity contribution >= 4 is 21.9 Å².